The van der Waals surface area contributed by atoms with Gasteiger partial charge in [-0.25, -0.2) is 4.98 Å². The number of aromatic nitrogens is 3. The molecule has 0 saturated heterocycles. The summed E-state index contributed by atoms with van der Waals surface area (Å²) in [6.07, 6.45) is 4.92. The summed E-state index contributed by atoms with van der Waals surface area (Å²) in [5.74, 6) is 0. The Morgan fingerprint density at radius 1 is 0.815 bits per heavy atom. The maximum absolute atomic E-state index is 12.9. The molecule has 0 unspecified atom stereocenters. The van der Waals surface area contributed by atoms with Crippen LogP contribution in [0, 0.1) is 11.3 Å². The van der Waals surface area contributed by atoms with Gasteiger partial charge in [-0.15, -0.1) is 0 Å². The minimum atomic E-state index is -0.280. The number of hydrogen-bond acceptors (Lipinski definition) is 4. The van der Waals surface area contributed by atoms with Gasteiger partial charge >= 0.3 is 0 Å². The fourth-order valence-corrected chi connectivity index (χ4v) is 3.11. The van der Waals surface area contributed by atoms with Gasteiger partial charge in [-0.3, -0.25) is 9.78 Å². The van der Waals surface area contributed by atoms with Gasteiger partial charge in [-0.2, -0.15) is 5.26 Å². The Balaban J connectivity index is 2.13. The molecular formula is C22H14N4O. The summed E-state index contributed by atoms with van der Waals surface area (Å²) in [5, 5.41) is 9.48. The van der Waals surface area contributed by atoms with Crippen LogP contribution in [0.1, 0.15) is 5.69 Å². The maximum atomic E-state index is 12.9. The molecule has 3 aromatic heterocycles. The summed E-state index contributed by atoms with van der Waals surface area (Å²) < 4.78 is 0. The van der Waals surface area contributed by atoms with Gasteiger partial charge in [0.05, 0.1) is 11.3 Å². The largest absolute Gasteiger partial charge is 0.328 e. The smallest absolute Gasteiger partial charge is 0.256 e. The number of hydrogen-bond donors (Lipinski definition) is 1. The Kier molecular flexibility index (Phi) is 4.30. The standard InChI is InChI=1S/C22H14N4O/c23-13-19-16(9-6-12-25-19)21-20(15-7-2-1-3-8-15)17(14-26-22(21)27)18-10-4-5-11-24-18/h1-12,14H,(H,26,27). The van der Waals surface area contributed by atoms with E-state index in [0.717, 1.165) is 22.4 Å². The van der Waals surface area contributed by atoms with E-state index in [1.54, 1.807) is 30.7 Å². The molecule has 0 bridgehead atoms. The molecule has 0 amide bonds. The lowest BCUT2D eigenvalue weighted by Crippen LogP contribution is -2.12. The van der Waals surface area contributed by atoms with Crippen molar-refractivity contribution in [3.05, 3.63) is 95.3 Å². The monoisotopic (exact) mass is 350 g/mol. The number of aromatic amines is 1. The molecule has 5 heteroatoms. The minimum Gasteiger partial charge on any atom is -0.328 e. The van der Waals surface area contributed by atoms with Crippen molar-refractivity contribution in [3.8, 4) is 39.6 Å². The summed E-state index contributed by atoms with van der Waals surface area (Å²) in [6, 6.07) is 20.8. The molecular weight excluding hydrogens is 336 g/mol. The van der Waals surface area contributed by atoms with Gasteiger partial charge in [-0.1, -0.05) is 36.4 Å². The van der Waals surface area contributed by atoms with Crippen LogP contribution in [0.2, 0.25) is 0 Å². The van der Waals surface area contributed by atoms with E-state index in [0.29, 0.717) is 11.1 Å². The lowest BCUT2D eigenvalue weighted by molar-refractivity contribution is 1.21. The SMILES string of the molecule is N#Cc1ncccc1-c1c(-c2ccccc2)c(-c2ccccn2)c[nH]c1=O. The van der Waals surface area contributed by atoms with Gasteiger partial charge < -0.3 is 4.98 Å². The Hall–Kier alpha value is -4.04. The Morgan fingerprint density at radius 3 is 2.33 bits per heavy atom. The highest BCUT2D eigenvalue weighted by atomic mass is 16.1. The molecule has 1 N–H and O–H groups in total. The van der Waals surface area contributed by atoms with Crippen molar-refractivity contribution >= 4 is 0 Å². The second-order valence-corrected chi connectivity index (χ2v) is 5.87. The molecule has 0 aliphatic heterocycles. The molecule has 4 rings (SSSR count). The van der Waals surface area contributed by atoms with E-state index in [1.165, 1.54) is 0 Å². The first-order valence-electron chi connectivity index (χ1n) is 8.37. The summed E-state index contributed by atoms with van der Waals surface area (Å²) in [6.45, 7) is 0. The number of benzene rings is 1. The molecule has 0 aliphatic carbocycles. The average molecular weight is 350 g/mol. The van der Waals surface area contributed by atoms with E-state index in [-0.39, 0.29) is 11.3 Å². The molecule has 3 heterocycles. The lowest BCUT2D eigenvalue weighted by Gasteiger charge is -2.15. The zero-order valence-electron chi connectivity index (χ0n) is 14.3. The minimum absolute atomic E-state index is 0.207. The van der Waals surface area contributed by atoms with Crippen LogP contribution in [0.5, 0.6) is 0 Å². The van der Waals surface area contributed by atoms with Gasteiger partial charge in [0.15, 0.2) is 0 Å². The molecule has 0 atom stereocenters. The zero-order valence-corrected chi connectivity index (χ0v) is 14.3. The van der Waals surface area contributed by atoms with Crippen molar-refractivity contribution < 1.29 is 0 Å². The van der Waals surface area contributed by atoms with E-state index < -0.39 is 0 Å². The first kappa shape index (κ1) is 16.4. The Morgan fingerprint density at radius 2 is 1.59 bits per heavy atom. The number of nitrogens with one attached hydrogen (secondary N) is 1. The highest BCUT2D eigenvalue weighted by Gasteiger charge is 2.20. The fraction of sp³-hybridized carbons (Fsp3) is 0. The highest BCUT2D eigenvalue weighted by Crippen LogP contribution is 2.37. The topological polar surface area (TPSA) is 82.4 Å². The van der Waals surface area contributed by atoms with Gasteiger partial charge in [0.25, 0.3) is 5.56 Å². The van der Waals surface area contributed by atoms with Crippen molar-refractivity contribution in [1.29, 1.82) is 5.26 Å². The maximum Gasteiger partial charge on any atom is 0.256 e. The summed E-state index contributed by atoms with van der Waals surface area (Å²) in [4.78, 5) is 24.2. The third kappa shape index (κ3) is 3.00. The van der Waals surface area contributed by atoms with Gasteiger partial charge in [-0.05, 0) is 29.8 Å². The summed E-state index contributed by atoms with van der Waals surface area (Å²) in [7, 11) is 0. The van der Waals surface area contributed by atoms with Crippen LogP contribution >= 0.6 is 0 Å². The molecule has 128 valence electrons. The number of nitriles is 1. The zero-order chi connectivity index (χ0) is 18.6. The van der Waals surface area contributed by atoms with Crippen LogP contribution in [0.25, 0.3) is 33.5 Å². The van der Waals surface area contributed by atoms with Crippen LogP contribution in [0.4, 0.5) is 0 Å². The molecule has 4 aromatic rings. The molecule has 0 saturated carbocycles. The van der Waals surface area contributed by atoms with Crippen molar-refractivity contribution in [2.24, 2.45) is 0 Å². The van der Waals surface area contributed by atoms with Crippen molar-refractivity contribution in [2.75, 3.05) is 0 Å². The summed E-state index contributed by atoms with van der Waals surface area (Å²) >= 11 is 0. The Bertz CT molecular complexity index is 1190. The van der Waals surface area contributed by atoms with E-state index >= 15 is 0 Å². The summed E-state index contributed by atoms with van der Waals surface area (Å²) in [5.41, 5.74) is 3.94. The molecule has 0 spiro atoms. The molecule has 27 heavy (non-hydrogen) atoms. The third-order valence-corrected chi connectivity index (χ3v) is 4.28. The third-order valence-electron chi connectivity index (χ3n) is 4.28. The van der Waals surface area contributed by atoms with E-state index in [2.05, 4.69) is 21.0 Å². The highest BCUT2D eigenvalue weighted by molar-refractivity contribution is 5.93. The number of H-pyrrole nitrogens is 1. The van der Waals surface area contributed by atoms with E-state index in [4.69, 9.17) is 0 Å². The predicted octanol–water partition coefficient (Wildman–Crippen LogP) is 4.04. The molecule has 1 aromatic carbocycles. The number of rotatable bonds is 3. The van der Waals surface area contributed by atoms with E-state index in [9.17, 15) is 10.1 Å². The average Bonchev–Trinajstić information content (AvgIpc) is 2.74. The number of pyridine rings is 3. The first-order chi connectivity index (χ1) is 13.3. The normalized spacial score (nSPS) is 10.3. The first-order valence-corrected chi connectivity index (χ1v) is 8.37. The molecule has 0 radical (unpaired) electrons. The quantitative estimate of drug-likeness (QED) is 0.604. The van der Waals surface area contributed by atoms with Crippen LogP contribution in [-0.4, -0.2) is 15.0 Å². The van der Waals surface area contributed by atoms with Crippen molar-refractivity contribution in [1.82, 2.24) is 15.0 Å². The second-order valence-electron chi connectivity index (χ2n) is 5.87. The van der Waals surface area contributed by atoms with Crippen LogP contribution in [-0.2, 0) is 0 Å². The van der Waals surface area contributed by atoms with Crippen LogP contribution in [0.15, 0.2) is 84.0 Å². The molecule has 0 fully saturated rings. The molecule has 0 aliphatic rings. The van der Waals surface area contributed by atoms with Gasteiger partial charge in [0, 0.05) is 35.3 Å². The van der Waals surface area contributed by atoms with Gasteiger partial charge in [0.2, 0.25) is 0 Å². The van der Waals surface area contributed by atoms with Crippen molar-refractivity contribution in [2.45, 2.75) is 0 Å². The number of nitrogens with zero attached hydrogens (tertiary/aromatic N) is 3. The van der Waals surface area contributed by atoms with Gasteiger partial charge in [0.1, 0.15) is 11.8 Å². The Labute approximate surface area is 155 Å². The van der Waals surface area contributed by atoms with Crippen LogP contribution in [0.3, 0.4) is 0 Å². The lowest BCUT2D eigenvalue weighted by atomic mass is 9.90. The van der Waals surface area contributed by atoms with Crippen LogP contribution < -0.4 is 5.56 Å². The fourth-order valence-electron chi connectivity index (χ4n) is 3.11. The molecule has 5 nitrogen and oxygen atoms in total. The second kappa shape index (κ2) is 7.06. The van der Waals surface area contributed by atoms with Crippen molar-refractivity contribution in [3.63, 3.8) is 0 Å². The predicted molar refractivity (Wildman–Crippen MR) is 104 cm³/mol. The van der Waals surface area contributed by atoms with E-state index in [1.807, 2.05) is 48.5 Å².